The first-order valence-corrected chi connectivity index (χ1v) is 11.9. The van der Waals surface area contributed by atoms with Gasteiger partial charge in [-0.25, -0.2) is 10.5 Å². The zero-order valence-corrected chi connectivity index (χ0v) is 20.5. The van der Waals surface area contributed by atoms with Crippen LogP contribution in [0, 0.1) is 0 Å². The molecule has 1 aliphatic heterocycles. The van der Waals surface area contributed by atoms with Crippen LogP contribution in [0.2, 0.25) is 0 Å². The maximum Gasteiger partial charge on any atom is 0.433 e. The van der Waals surface area contributed by atoms with Gasteiger partial charge in [-0.1, -0.05) is 36.4 Å². The highest BCUT2D eigenvalue weighted by molar-refractivity contribution is 5.96. The Morgan fingerprint density at radius 1 is 1.16 bits per heavy atom. The minimum atomic E-state index is -4.56. The molecule has 1 N–H and O–H groups in total. The summed E-state index contributed by atoms with van der Waals surface area (Å²) in [5, 5.41) is 0.579. The lowest BCUT2D eigenvalue weighted by molar-refractivity contribution is -0.141. The van der Waals surface area contributed by atoms with E-state index in [1.165, 1.54) is 13.2 Å². The molecule has 0 unspecified atom stereocenters. The highest BCUT2D eigenvalue weighted by Crippen LogP contribution is 2.37. The quantitative estimate of drug-likeness (QED) is 0.262. The van der Waals surface area contributed by atoms with Crippen LogP contribution >= 0.6 is 0 Å². The standard InChI is InChI=1S/C27H29F3N4O3/c1-3-15-37-32-25(35)18-33-13-14-34(17-20(33)16-19-7-5-4-6-8-19)22-10-11-23(36-2)26-21(22)9-12-24(31-26)27(28,29)30/h3-12,20H,1,13-18H2,2H3,(H,32,35)/t20-/m0/s1. The van der Waals surface area contributed by atoms with E-state index in [1.807, 2.05) is 36.4 Å². The number of anilines is 1. The molecule has 0 saturated carbocycles. The number of ether oxygens (including phenoxy) is 1. The third kappa shape index (κ3) is 6.39. The molecule has 0 bridgehead atoms. The number of hydroxylamine groups is 1. The van der Waals surface area contributed by atoms with Gasteiger partial charge in [-0.2, -0.15) is 13.2 Å². The van der Waals surface area contributed by atoms with E-state index in [1.54, 1.807) is 12.1 Å². The van der Waals surface area contributed by atoms with Crippen molar-refractivity contribution in [3.63, 3.8) is 0 Å². The molecule has 1 aromatic heterocycles. The molecule has 2 aromatic carbocycles. The van der Waals surface area contributed by atoms with Crippen LogP contribution in [0.15, 0.2) is 67.3 Å². The van der Waals surface area contributed by atoms with Crippen LogP contribution in [0.3, 0.4) is 0 Å². The predicted molar refractivity (Wildman–Crippen MR) is 135 cm³/mol. The summed E-state index contributed by atoms with van der Waals surface area (Å²) in [6, 6.07) is 15.9. The zero-order chi connectivity index (χ0) is 26.4. The van der Waals surface area contributed by atoms with Crippen molar-refractivity contribution < 1.29 is 27.5 Å². The molecule has 0 aliphatic carbocycles. The summed E-state index contributed by atoms with van der Waals surface area (Å²) in [6.07, 6.45) is -2.32. The second-order valence-electron chi connectivity index (χ2n) is 8.76. The Hall–Kier alpha value is -3.63. The summed E-state index contributed by atoms with van der Waals surface area (Å²) in [7, 11) is 1.41. The van der Waals surface area contributed by atoms with E-state index in [0.29, 0.717) is 31.4 Å². The first-order chi connectivity index (χ1) is 17.8. The number of hydrogen-bond acceptors (Lipinski definition) is 6. The molecule has 196 valence electrons. The molecule has 4 rings (SSSR count). The smallest absolute Gasteiger partial charge is 0.433 e. The van der Waals surface area contributed by atoms with E-state index in [0.717, 1.165) is 17.3 Å². The van der Waals surface area contributed by atoms with Crippen molar-refractivity contribution in [3.05, 3.63) is 78.5 Å². The van der Waals surface area contributed by atoms with E-state index >= 15 is 0 Å². The lowest BCUT2D eigenvalue weighted by Crippen LogP contribution is -2.56. The monoisotopic (exact) mass is 514 g/mol. The summed E-state index contributed by atoms with van der Waals surface area (Å²) in [4.78, 5) is 25.7. The second-order valence-corrected chi connectivity index (χ2v) is 8.76. The number of rotatable bonds is 9. The van der Waals surface area contributed by atoms with Crippen LogP contribution in [-0.4, -0.2) is 61.7 Å². The Labute approximate surface area is 213 Å². The third-order valence-corrected chi connectivity index (χ3v) is 6.30. The number of aromatic nitrogens is 1. The van der Waals surface area contributed by atoms with Crippen LogP contribution in [0.1, 0.15) is 11.3 Å². The molecule has 37 heavy (non-hydrogen) atoms. The van der Waals surface area contributed by atoms with Gasteiger partial charge in [-0.05, 0) is 36.2 Å². The molecule has 3 aromatic rings. The summed E-state index contributed by atoms with van der Waals surface area (Å²) in [5.74, 6) is 0.0210. The molecular weight excluding hydrogens is 485 g/mol. The van der Waals surface area contributed by atoms with Gasteiger partial charge in [0.1, 0.15) is 17.0 Å². The molecular formula is C27H29F3N4O3. The van der Waals surface area contributed by atoms with Crippen molar-refractivity contribution >= 4 is 22.5 Å². The number of benzene rings is 2. The fraction of sp³-hybridized carbons (Fsp3) is 0.333. The van der Waals surface area contributed by atoms with Crippen molar-refractivity contribution in [3.8, 4) is 5.75 Å². The number of alkyl halides is 3. The zero-order valence-electron chi connectivity index (χ0n) is 20.5. The molecule has 0 spiro atoms. The van der Waals surface area contributed by atoms with E-state index in [-0.39, 0.29) is 36.4 Å². The maximum absolute atomic E-state index is 13.3. The normalized spacial score (nSPS) is 16.5. The molecule has 1 saturated heterocycles. The molecule has 1 amide bonds. The number of halogens is 3. The molecule has 1 atom stereocenters. The number of fused-ring (bicyclic) bond motifs is 1. The van der Waals surface area contributed by atoms with Crippen LogP contribution in [0.5, 0.6) is 5.75 Å². The highest BCUT2D eigenvalue weighted by atomic mass is 19.4. The minimum absolute atomic E-state index is 0.0270. The summed E-state index contributed by atoms with van der Waals surface area (Å²) < 4.78 is 45.4. The van der Waals surface area contributed by atoms with Crippen molar-refractivity contribution in [2.45, 2.75) is 18.6 Å². The summed E-state index contributed by atoms with van der Waals surface area (Å²) in [6.45, 7) is 5.65. The van der Waals surface area contributed by atoms with Crippen molar-refractivity contribution in [1.82, 2.24) is 15.4 Å². The maximum atomic E-state index is 13.3. The van der Waals surface area contributed by atoms with Gasteiger partial charge in [0.05, 0.1) is 20.3 Å². The molecule has 1 fully saturated rings. The topological polar surface area (TPSA) is 66.9 Å². The number of carbonyl (C=O) groups is 1. The van der Waals surface area contributed by atoms with Gasteiger partial charge in [0.15, 0.2) is 0 Å². The Balaban J connectivity index is 1.62. The average molecular weight is 515 g/mol. The van der Waals surface area contributed by atoms with Gasteiger partial charge in [0.25, 0.3) is 5.91 Å². The lowest BCUT2D eigenvalue weighted by atomic mass is 10.0. The first-order valence-electron chi connectivity index (χ1n) is 11.9. The third-order valence-electron chi connectivity index (χ3n) is 6.30. The SMILES string of the molecule is C=CCONC(=O)CN1CCN(c2ccc(OC)c3nc(C(F)(F)F)ccc23)C[C@@H]1Cc1ccccc1. The Kier molecular flexibility index (Phi) is 8.30. The van der Waals surface area contributed by atoms with Crippen molar-refractivity contribution in [2.24, 2.45) is 0 Å². The number of carbonyl (C=O) groups excluding carboxylic acids is 1. The number of nitrogens with one attached hydrogen (secondary N) is 1. The lowest BCUT2D eigenvalue weighted by Gasteiger charge is -2.42. The van der Waals surface area contributed by atoms with E-state index in [9.17, 15) is 18.0 Å². The van der Waals surface area contributed by atoms with Gasteiger partial charge < -0.3 is 9.64 Å². The predicted octanol–water partition coefficient (Wildman–Crippen LogP) is 4.23. The number of amides is 1. The first kappa shape index (κ1) is 26.4. The Morgan fingerprint density at radius 2 is 1.95 bits per heavy atom. The highest BCUT2D eigenvalue weighted by Gasteiger charge is 2.34. The van der Waals surface area contributed by atoms with Gasteiger partial charge in [0, 0.05) is 36.7 Å². The molecule has 1 aliphatic rings. The largest absolute Gasteiger partial charge is 0.494 e. The molecule has 7 nitrogen and oxygen atoms in total. The Morgan fingerprint density at radius 3 is 2.65 bits per heavy atom. The van der Waals surface area contributed by atoms with Gasteiger partial charge >= 0.3 is 6.18 Å². The van der Waals surface area contributed by atoms with E-state index in [4.69, 9.17) is 9.57 Å². The fourth-order valence-electron chi connectivity index (χ4n) is 4.57. The van der Waals surface area contributed by atoms with Crippen molar-refractivity contribution in [2.75, 3.05) is 44.8 Å². The Bertz CT molecular complexity index is 1240. The van der Waals surface area contributed by atoms with Gasteiger partial charge in [0.2, 0.25) is 0 Å². The van der Waals surface area contributed by atoms with Crippen LogP contribution in [-0.2, 0) is 22.2 Å². The number of piperazine rings is 1. The number of hydrogen-bond donors (Lipinski definition) is 1. The molecule has 2 heterocycles. The minimum Gasteiger partial charge on any atom is -0.494 e. The number of nitrogens with zero attached hydrogens (tertiary/aromatic N) is 3. The van der Waals surface area contributed by atoms with Crippen LogP contribution < -0.4 is 15.1 Å². The second kappa shape index (κ2) is 11.6. The summed E-state index contributed by atoms with van der Waals surface area (Å²) in [5.41, 5.74) is 3.53. The molecule has 10 heteroatoms. The van der Waals surface area contributed by atoms with Crippen molar-refractivity contribution in [1.29, 1.82) is 0 Å². The van der Waals surface area contributed by atoms with Crippen LogP contribution in [0.25, 0.3) is 10.9 Å². The summed E-state index contributed by atoms with van der Waals surface area (Å²) >= 11 is 0. The van der Waals surface area contributed by atoms with E-state index < -0.39 is 11.9 Å². The molecule has 0 radical (unpaired) electrons. The van der Waals surface area contributed by atoms with Gasteiger partial charge in [-0.15, -0.1) is 6.58 Å². The average Bonchev–Trinajstić information content (AvgIpc) is 2.89. The number of pyridine rings is 1. The van der Waals surface area contributed by atoms with Crippen LogP contribution in [0.4, 0.5) is 18.9 Å². The number of methoxy groups -OCH3 is 1. The van der Waals surface area contributed by atoms with Gasteiger partial charge in [-0.3, -0.25) is 14.5 Å². The van der Waals surface area contributed by atoms with E-state index in [2.05, 4.69) is 26.8 Å². The fourth-order valence-corrected chi connectivity index (χ4v) is 4.57.